The van der Waals surface area contributed by atoms with Crippen molar-refractivity contribution in [3.8, 4) is 0 Å². The van der Waals surface area contributed by atoms with Crippen molar-refractivity contribution in [1.82, 2.24) is 15.2 Å². The minimum atomic E-state index is 0.299. The van der Waals surface area contributed by atoms with E-state index < -0.39 is 0 Å². The quantitative estimate of drug-likeness (QED) is 0.852. The topological polar surface area (TPSA) is 45.2 Å². The van der Waals surface area contributed by atoms with Gasteiger partial charge in [-0.15, -0.1) is 0 Å². The number of pyridine rings is 1. The van der Waals surface area contributed by atoms with Gasteiger partial charge in [-0.2, -0.15) is 0 Å². The Balaban J connectivity index is 1.50. The van der Waals surface area contributed by atoms with Crippen molar-refractivity contribution in [3.05, 3.63) is 30.1 Å². The van der Waals surface area contributed by atoms with E-state index in [1.807, 2.05) is 23.2 Å². The van der Waals surface area contributed by atoms with E-state index in [-0.39, 0.29) is 0 Å². The van der Waals surface area contributed by atoms with Gasteiger partial charge in [0.15, 0.2) is 0 Å². The van der Waals surface area contributed by atoms with Crippen molar-refractivity contribution in [1.29, 1.82) is 0 Å². The monoisotopic (exact) mass is 245 g/mol. The summed E-state index contributed by atoms with van der Waals surface area (Å²) in [5.74, 6) is 1.67. The molecule has 2 aliphatic rings. The van der Waals surface area contributed by atoms with Crippen LogP contribution in [0.2, 0.25) is 0 Å². The molecule has 0 spiro atoms. The van der Waals surface area contributed by atoms with Crippen molar-refractivity contribution in [2.75, 3.05) is 26.2 Å². The lowest BCUT2D eigenvalue weighted by atomic mass is 10.0. The Morgan fingerprint density at radius 2 is 2.17 bits per heavy atom. The fraction of sp³-hybridized carbons (Fsp3) is 0.571. The van der Waals surface area contributed by atoms with E-state index in [1.54, 1.807) is 6.20 Å². The highest BCUT2D eigenvalue weighted by atomic mass is 16.2. The molecule has 2 fully saturated rings. The summed E-state index contributed by atoms with van der Waals surface area (Å²) in [7, 11) is 0. The van der Waals surface area contributed by atoms with Crippen LogP contribution in [-0.2, 0) is 11.2 Å². The van der Waals surface area contributed by atoms with Crippen LogP contribution in [0.5, 0.6) is 0 Å². The molecule has 0 aliphatic carbocycles. The van der Waals surface area contributed by atoms with E-state index in [4.69, 9.17) is 0 Å². The van der Waals surface area contributed by atoms with Crippen molar-refractivity contribution < 1.29 is 4.79 Å². The third-order valence-corrected chi connectivity index (χ3v) is 4.09. The van der Waals surface area contributed by atoms with Crippen LogP contribution in [0.3, 0.4) is 0 Å². The number of carbonyl (C=O) groups excluding carboxylic acids is 1. The molecule has 96 valence electrons. The molecule has 1 amide bonds. The molecule has 1 N–H and O–H groups in total. The first-order valence-electron chi connectivity index (χ1n) is 6.70. The van der Waals surface area contributed by atoms with Gasteiger partial charge in [0.1, 0.15) is 0 Å². The number of likely N-dealkylation sites (tertiary alicyclic amines) is 1. The zero-order chi connectivity index (χ0) is 12.4. The number of nitrogens with one attached hydrogen (secondary N) is 1. The molecular formula is C14H19N3O. The Kier molecular flexibility index (Phi) is 3.28. The summed E-state index contributed by atoms with van der Waals surface area (Å²) in [6, 6.07) is 3.95. The second-order valence-corrected chi connectivity index (χ2v) is 5.34. The molecule has 1 aromatic rings. The highest BCUT2D eigenvalue weighted by Crippen LogP contribution is 2.26. The van der Waals surface area contributed by atoms with Gasteiger partial charge in [0.2, 0.25) is 5.91 Å². The molecule has 0 saturated carbocycles. The number of fused-ring (bicyclic) bond motifs is 1. The van der Waals surface area contributed by atoms with Gasteiger partial charge in [0.05, 0.1) is 0 Å². The number of rotatable bonds is 3. The number of amides is 1. The predicted molar refractivity (Wildman–Crippen MR) is 69.0 cm³/mol. The fourth-order valence-corrected chi connectivity index (χ4v) is 3.01. The summed E-state index contributed by atoms with van der Waals surface area (Å²) >= 11 is 0. The molecule has 3 rings (SSSR count). The molecule has 4 nitrogen and oxygen atoms in total. The molecule has 2 atom stereocenters. The van der Waals surface area contributed by atoms with E-state index in [0.29, 0.717) is 24.2 Å². The van der Waals surface area contributed by atoms with Gasteiger partial charge in [-0.25, -0.2) is 0 Å². The van der Waals surface area contributed by atoms with Crippen LogP contribution < -0.4 is 5.32 Å². The van der Waals surface area contributed by atoms with Crippen LogP contribution in [0.25, 0.3) is 0 Å². The van der Waals surface area contributed by atoms with Gasteiger partial charge < -0.3 is 10.2 Å². The first-order chi connectivity index (χ1) is 8.83. The zero-order valence-corrected chi connectivity index (χ0v) is 10.5. The third kappa shape index (κ3) is 2.38. The maximum Gasteiger partial charge on any atom is 0.222 e. The molecule has 3 heterocycles. The van der Waals surface area contributed by atoms with Crippen LogP contribution >= 0.6 is 0 Å². The standard InChI is InChI=1S/C14H19N3O/c18-14(4-3-11-2-1-5-15-6-11)17-9-12-7-16-8-13(12)10-17/h1-2,5-6,12-13,16H,3-4,7-10H2/t12-,13+. The number of carbonyl (C=O) groups is 1. The first-order valence-corrected chi connectivity index (χ1v) is 6.70. The van der Waals surface area contributed by atoms with Crippen molar-refractivity contribution in [2.45, 2.75) is 12.8 Å². The number of aryl methyl sites for hydroxylation is 1. The Morgan fingerprint density at radius 3 is 2.83 bits per heavy atom. The maximum absolute atomic E-state index is 12.1. The fourth-order valence-electron chi connectivity index (χ4n) is 3.01. The smallest absolute Gasteiger partial charge is 0.222 e. The van der Waals surface area contributed by atoms with Crippen LogP contribution in [0.1, 0.15) is 12.0 Å². The van der Waals surface area contributed by atoms with Gasteiger partial charge in [-0.3, -0.25) is 9.78 Å². The van der Waals surface area contributed by atoms with E-state index >= 15 is 0 Å². The lowest BCUT2D eigenvalue weighted by Crippen LogP contribution is -2.31. The Morgan fingerprint density at radius 1 is 1.39 bits per heavy atom. The number of hydrogen-bond acceptors (Lipinski definition) is 3. The molecule has 2 saturated heterocycles. The molecule has 4 heteroatoms. The number of hydrogen-bond donors (Lipinski definition) is 1. The number of nitrogens with zero attached hydrogens (tertiary/aromatic N) is 2. The van der Waals surface area contributed by atoms with Crippen LogP contribution in [0.15, 0.2) is 24.5 Å². The molecular weight excluding hydrogens is 226 g/mol. The van der Waals surface area contributed by atoms with Crippen LogP contribution in [-0.4, -0.2) is 42.0 Å². The molecule has 0 unspecified atom stereocenters. The van der Waals surface area contributed by atoms with Crippen LogP contribution in [0.4, 0.5) is 0 Å². The summed E-state index contributed by atoms with van der Waals surface area (Å²) in [6.07, 6.45) is 5.02. The second-order valence-electron chi connectivity index (χ2n) is 5.34. The van der Waals surface area contributed by atoms with Crippen molar-refractivity contribution >= 4 is 5.91 Å². The van der Waals surface area contributed by atoms with Gasteiger partial charge in [-0.05, 0) is 29.9 Å². The molecule has 1 aromatic heterocycles. The van der Waals surface area contributed by atoms with Crippen molar-refractivity contribution in [3.63, 3.8) is 0 Å². The van der Waals surface area contributed by atoms with Crippen LogP contribution in [0, 0.1) is 11.8 Å². The molecule has 0 bridgehead atoms. The Bertz CT molecular complexity index is 408. The molecule has 0 aromatic carbocycles. The summed E-state index contributed by atoms with van der Waals surface area (Å²) in [5.41, 5.74) is 1.15. The van der Waals surface area contributed by atoms with Crippen molar-refractivity contribution in [2.24, 2.45) is 11.8 Å². The summed E-state index contributed by atoms with van der Waals surface area (Å²) in [5, 5.41) is 3.40. The van der Waals surface area contributed by atoms with E-state index in [0.717, 1.165) is 38.2 Å². The number of aromatic nitrogens is 1. The van der Waals surface area contributed by atoms with E-state index in [9.17, 15) is 4.79 Å². The second kappa shape index (κ2) is 5.06. The Hall–Kier alpha value is -1.42. The van der Waals surface area contributed by atoms with Gasteiger partial charge in [0.25, 0.3) is 0 Å². The summed E-state index contributed by atoms with van der Waals surface area (Å²) in [6.45, 7) is 4.06. The zero-order valence-electron chi connectivity index (χ0n) is 10.5. The SMILES string of the molecule is O=C(CCc1cccnc1)N1C[C@H]2CNC[C@H]2C1. The minimum absolute atomic E-state index is 0.299. The highest BCUT2D eigenvalue weighted by molar-refractivity contribution is 5.76. The lowest BCUT2D eigenvalue weighted by Gasteiger charge is -2.17. The largest absolute Gasteiger partial charge is 0.342 e. The molecule has 0 radical (unpaired) electrons. The Labute approximate surface area is 107 Å². The summed E-state index contributed by atoms with van der Waals surface area (Å²) in [4.78, 5) is 18.3. The van der Waals surface area contributed by atoms with Gasteiger partial charge in [0, 0.05) is 45.0 Å². The maximum atomic E-state index is 12.1. The average Bonchev–Trinajstić information content (AvgIpc) is 2.98. The van der Waals surface area contributed by atoms with Gasteiger partial charge in [-0.1, -0.05) is 6.07 Å². The minimum Gasteiger partial charge on any atom is -0.342 e. The third-order valence-electron chi connectivity index (χ3n) is 4.09. The van der Waals surface area contributed by atoms with E-state index in [1.165, 1.54) is 0 Å². The first kappa shape index (κ1) is 11.7. The van der Waals surface area contributed by atoms with Gasteiger partial charge >= 0.3 is 0 Å². The predicted octanol–water partition coefficient (Wildman–Crippen LogP) is 0.692. The lowest BCUT2D eigenvalue weighted by molar-refractivity contribution is -0.130. The normalized spacial score (nSPS) is 26.3. The highest BCUT2D eigenvalue weighted by Gasteiger charge is 2.37. The summed E-state index contributed by atoms with van der Waals surface area (Å²) < 4.78 is 0. The molecule has 18 heavy (non-hydrogen) atoms. The average molecular weight is 245 g/mol. The van der Waals surface area contributed by atoms with E-state index in [2.05, 4.69) is 10.3 Å². The molecule has 2 aliphatic heterocycles.